The van der Waals surface area contributed by atoms with Gasteiger partial charge >= 0.3 is 70.4 Å². The van der Waals surface area contributed by atoms with Crippen molar-refractivity contribution in [1.29, 1.82) is 0 Å². The fourth-order valence-corrected chi connectivity index (χ4v) is 5.06. The Labute approximate surface area is 250 Å². The molecule has 36 heavy (non-hydrogen) atoms. The number of fused-ring (bicyclic) bond motifs is 3. The van der Waals surface area contributed by atoms with Crippen molar-refractivity contribution < 1.29 is 83.4 Å². The van der Waals surface area contributed by atoms with Crippen LogP contribution in [0, 0.1) is 20.8 Å². The average molecular weight is 521 g/mol. The minimum absolute atomic E-state index is 0. The molecule has 0 unspecified atom stereocenters. The largest absolute Gasteiger partial charge is 1.00 e. The minimum atomic E-state index is -5.46. The second-order valence-corrected chi connectivity index (χ2v) is 8.56. The first-order chi connectivity index (χ1) is 16.6. The van der Waals surface area contributed by atoms with Crippen LogP contribution in [0.4, 0.5) is 23.4 Å². The molecule has 0 aromatic heterocycles. The van der Waals surface area contributed by atoms with Crippen molar-refractivity contribution in [3.8, 4) is 11.1 Å². The van der Waals surface area contributed by atoms with Gasteiger partial charge in [0.15, 0.2) is 0 Å². The molecule has 3 aromatic rings. The van der Waals surface area contributed by atoms with Crippen LogP contribution < -0.4 is 62.2 Å². The summed E-state index contributed by atoms with van der Waals surface area (Å²) >= 11 is 0. The van der Waals surface area contributed by atoms with Gasteiger partial charge < -0.3 is 22.4 Å². The van der Waals surface area contributed by atoms with E-state index in [9.17, 15) is 22.5 Å². The quantitative estimate of drug-likeness (QED) is 0.415. The fourth-order valence-electron chi connectivity index (χ4n) is 5.06. The van der Waals surface area contributed by atoms with E-state index < -0.39 is 24.5 Å². The van der Waals surface area contributed by atoms with Crippen LogP contribution in [0.25, 0.3) is 11.1 Å². The summed E-state index contributed by atoms with van der Waals surface area (Å²) < 4.78 is 51.9. The number of rotatable bonds is 5. The molecular weight excluding hydrogens is 497 g/mol. The van der Waals surface area contributed by atoms with Crippen molar-refractivity contribution in [2.24, 2.45) is 0 Å². The van der Waals surface area contributed by atoms with Gasteiger partial charge in [-0.25, -0.2) is 9.59 Å². The van der Waals surface area contributed by atoms with Gasteiger partial charge in [-0.05, 0) is 48.6 Å². The number of nitrogens with one attached hydrogen (secondary N) is 1. The third kappa shape index (κ3) is 5.15. The Bertz CT molecular complexity index is 1300. The van der Waals surface area contributed by atoms with Crippen LogP contribution in [0.2, 0.25) is 0 Å². The second kappa shape index (κ2) is 11.1. The van der Waals surface area contributed by atoms with Crippen molar-refractivity contribution in [3.05, 3.63) is 81.9 Å². The molecule has 5 nitrogen and oxygen atoms in total. The SMILES string of the molecule is COC(=O)c1c(C)c(NC(=O)OCC2c3ccccc3-c3ccccc32)c(C)c([B-](F)(F)F)c1C.[K+]. The van der Waals surface area contributed by atoms with E-state index in [2.05, 4.69) is 5.32 Å². The summed E-state index contributed by atoms with van der Waals surface area (Å²) in [5, 5.41) is 2.45. The Morgan fingerprint density at radius 2 is 1.42 bits per heavy atom. The zero-order valence-corrected chi connectivity index (χ0v) is 23.9. The molecule has 1 aliphatic carbocycles. The Morgan fingerprint density at radius 1 is 0.889 bits per heavy atom. The maximum atomic E-state index is 13.9. The smallest absolute Gasteiger partial charge is 0.465 e. The van der Waals surface area contributed by atoms with Crippen molar-refractivity contribution in [2.45, 2.75) is 26.7 Å². The summed E-state index contributed by atoms with van der Waals surface area (Å²) in [6.07, 6.45) is -0.904. The number of hydrogen-bond acceptors (Lipinski definition) is 4. The molecule has 182 valence electrons. The van der Waals surface area contributed by atoms with E-state index in [1.54, 1.807) is 0 Å². The zero-order chi connectivity index (χ0) is 25.5. The minimum Gasteiger partial charge on any atom is -0.465 e. The van der Waals surface area contributed by atoms with Crippen LogP contribution >= 0.6 is 0 Å². The van der Waals surface area contributed by atoms with E-state index in [0.717, 1.165) is 29.4 Å². The van der Waals surface area contributed by atoms with Crippen molar-refractivity contribution in [2.75, 3.05) is 19.0 Å². The van der Waals surface area contributed by atoms with E-state index in [-0.39, 0.29) is 91.9 Å². The molecule has 0 radical (unpaired) electrons. The van der Waals surface area contributed by atoms with Crippen LogP contribution in [0.5, 0.6) is 0 Å². The van der Waals surface area contributed by atoms with E-state index in [1.807, 2.05) is 48.5 Å². The van der Waals surface area contributed by atoms with Crippen LogP contribution in [-0.2, 0) is 9.47 Å². The monoisotopic (exact) mass is 521 g/mol. The predicted molar refractivity (Wildman–Crippen MR) is 129 cm³/mol. The van der Waals surface area contributed by atoms with Gasteiger partial charge in [0.1, 0.15) is 6.61 Å². The summed E-state index contributed by atoms with van der Waals surface area (Å²) in [6.45, 7) is -1.48. The number of ether oxygens (including phenoxy) is 2. The Kier molecular flexibility index (Phi) is 8.78. The van der Waals surface area contributed by atoms with E-state index in [4.69, 9.17) is 9.47 Å². The molecule has 0 spiro atoms. The first-order valence-electron chi connectivity index (χ1n) is 11.1. The third-order valence-corrected chi connectivity index (χ3v) is 6.60. The number of benzene rings is 3. The molecule has 1 amide bonds. The third-order valence-electron chi connectivity index (χ3n) is 6.60. The molecule has 0 saturated heterocycles. The molecule has 0 heterocycles. The van der Waals surface area contributed by atoms with Gasteiger partial charge in [0.05, 0.1) is 12.7 Å². The number of hydrogen-bond donors (Lipinski definition) is 1. The molecule has 4 rings (SSSR count). The van der Waals surface area contributed by atoms with Crippen molar-refractivity contribution >= 4 is 30.2 Å². The number of halogens is 3. The van der Waals surface area contributed by atoms with E-state index >= 15 is 0 Å². The van der Waals surface area contributed by atoms with Crippen molar-refractivity contribution in [3.63, 3.8) is 0 Å². The molecule has 0 saturated carbocycles. The fraction of sp³-hybridized carbons (Fsp3) is 0.231. The topological polar surface area (TPSA) is 64.6 Å². The zero-order valence-electron chi connectivity index (χ0n) is 20.7. The normalized spacial score (nSPS) is 12.3. The van der Waals surface area contributed by atoms with E-state index in [1.165, 1.54) is 20.8 Å². The summed E-state index contributed by atoms with van der Waals surface area (Å²) in [5.41, 5.74) is 2.67. The first kappa shape index (κ1) is 28.5. The Hall–Kier alpha value is -2.11. The van der Waals surface area contributed by atoms with Gasteiger partial charge in [-0.15, -0.1) is 0 Å². The Balaban J connectivity index is 0.00000361. The summed E-state index contributed by atoms with van der Waals surface area (Å²) in [7, 11) is 1.10. The molecule has 10 heteroatoms. The van der Waals surface area contributed by atoms with E-state index in [0.29, 0.717) is 0 Å². The number of esters is 1. The van der Waals surface area contributed by atoms with Gasteiger partial charge in [0.2, 0.25) is 0 Å². The van der Waals surface area contributed by atoms with Crippen LogP contribution in [-0.4, -0.2) is 32.8 Å². The van der Waals surface area contributed by atoms with Gasteiger partial charge in [-0.3, -0.25) is 5.32 Å². The average Bonchev–Trinajstić information content (AvgIpc) is 3.13. The number of amides is 1. The number of methoxy groups -OCH3 is 1. The molecule has 0 bridgehead atoms. The molecular formula is C26H24BF3KNO4. The van der Waals surface area contributed by atoms with Gasteiger partial charge in [0, 0.05) is 11.6 Å². The molecule has 0 fully saturated rings. The first-order valence-corrected chi connectivity index (χ1v) is 11.1. The summed E-state index contributed by atoms with van der Waals surface area (Å²) in [4.78, 5) is 25.1. The maximum Gasteiger partial charge on any atom is 1.00 e. The van der Waals surface area contributed by atoms with Crippen LogP contribution in [0.15, 0.2) is 48.5 Å². The van der Waals surface area contributed by atoms with Gasteiger partial charge in [0.25, 0.3) is 0 Å². The predicted octanol–water partition coefficient (Wildman–Crippen LogP) is 2.82. The molecule has 0 aliphatic heterocycles. The van der Waals surface area contributed by atoms with Crippen LogP contribution in [0.1, 0.15) is 44.1 Å². The molecule has 0 atom stereocenters. The van der Waals surface area contributed by atoms with Gasteiger partial charge in [-0.1, -0.05) is 65.1 Å². The number of anilines is 1. The molecule has 1 N–H and O–H groups in total. The summed E-state index contributed by atoms with van der Waals surface area (Å²) in [6, 6.07) is 15.6. The van der Waals surface area contributed by atoms with Crippen molar-refractivity contribution in [1.82, 2.24) is 0 Å². The van der Waals surface area contributed by atoms with Gasteiger partial charge in [-0.2, -0.15) is 0 Å². The molecule has 1 aliphatic rings. The maximum absolute atomic E-state index is 13.9. The standard InChI is InChI=1S/C26H24BF3NO4.K/c1-14-22(25(32)34-4)15(2)24(16(3)23(14)27(28,29)30)31-26(33)35-13-21-19-11-7-5-9-17(19)18-10-6-8-12-20(18)21;/h5-12,21H,13H2,1-4H3,(H,31,33);/q-1;+1. The number of carbonyl (C=O) groups is 2. The molecule has 3 aromatic carbocycles. The second-order valence-electron chi connectivity index (χ2n) is 8.56. The number of carbonyl (C=O) groups excluding carboxylic acids is 2. The summed E-state index contributed by atoms with van der Waals surface area (Å²) in [5.74, 6) is -1.11. The van der Waals surface area contributed by atoms with Crippen LogP contribution in [0.3, 0.4) is 0 Å². The Morgan fingerprint density at radius 3 is 1.92 bits per heavy atom.